The minimum atomic E-state index is -1.07. The van der Waals surface area contributed by atoms with Crippen LogP contribution in [-0.2, 0) is 4.79 Å². The second-order valence-electron chi connectivity index (χ2n) is 5.52. The van der Waals surface area contributed by atoms with Crippen LogP contribution in [0.2, 0.25) is 0 Å². The van der Waals surface area contributed by atoms with Gasteiger partial charge in [0.25, 0.3) is 0 Å². The van der Waals surface area contributed by atoms with Crippen LogP contribution in [0.1, 0.15) is 24.2 Å². The maximum Gasteiger partial charge on any atom is 0.337 e. The van der Waals surface area contributed by atoms with E-state index in [1.165, 1.54) is 18.5 Å². The number of carbonyl (C=O) groups excluding carboxylic acids is 1. The average Bonchev–Trinajstić information content (AvgIpc) is 2.48. The summed E-state index contributed by atoms with van der Waals surface area (Å²) in [4.78, 5) is 29.3. The number of pyridine rings is 1. The summed E-state index contributed by atoms with van der Waals surface area (Å²) < 4.78 is 0. The highest BCUT2D eigenvalue weighted by atomic mass is 16.4. The molecule has 0 saturated carbocycles. The first-order chi connectivity index (χ1) is 9.91. The molecule has 1 aromatic rings. The first-order valence-corrected chi connectivity index (χ1v) is 6.87. The van der Waals surface area contributed by atoms with Gasteiger partial charge in [0.2, 0.25) is 5.91 Å². The van der Waals surface area contributed by atoms with Crippen molar-refractivity contribution in [3.63, 3.8) is 0 Å². The first kappa shape index (κ1) is 15.4. The van der Waals surface area contributed by atoms with E-state index >= 15 is 0 Å². The van der Waals surface area contributed by atoms with Gasteiger partial charge in [0.15, 0.2) is 0 Å². The Morgan fingerprint density at radius 1 is 1.33 bits per heavy atom. The van der Waals surface area contributed by atoms with Gasteiger partial charge in [0.1, 0.15) is 0 Å². The Morgan fingerprint density at radius 3 is 2.62 bits per heavy atom. The maximum absolute atomic E-state index is 12.5. The van der Waals surface area contributed by atoms with Crippen LogP contribution in [0.4, 0.5) is 5.69 Å². The third-order valence-electron chi connectivity index (χ3n) is 3.71. The maximum atomic E-state index is 12.5. The molecular formula is C14H20N4O3. The number of carboxylic acid groups (broad SMARTS) is 1. The van der Waals surface area contributed by atoms with E-state index in [9.17, 15) is 9.59 Å². The molecule has 0 aliphatic carbocycles. The normalized spacial score (nSPS) is 16.5. The highest BCUT2D eigenvalue weighted by Crippen LogP contribution is 2.18. The van der Waals surface area contributed by atoms with E-state index < -0.39 is 11.5 Å². The number of hydrogen-bond acceptors (Lipinski definition) is 5. The lowest BCUT2D eigenvalue weighted by atomic mass is 10.0. The SMILES string of the molecule is CC(C)(C(=O)Nc1cncc(C(=O)O)c1)N1CCNCC1. The summed E-state index contributed by atoms with van der Waals surface area (Å²) in [5.41, 5.74) is -0.225. The molecule has 114 valence electrons. The van der Waals surface area contributed by atoms with Gasteiger partial charge in [-0.15, -0.1) is 0 Å². The molecule has 0 radical (unpaired) electrons. The number of aromatic carboxylic acids is 1. The number of carbonyl (C=O) groups is 2. The molecular weight excluding hydrogens is 272 g/mol. The number of carboxylic acids is 1. The van der Waals surface area contributed by atoms with Crippen LogP contribution >= 0.6 is 0 Å². The Hall–Kier alpha value is -1.99. The van der Waals surface area contributed by atoms with E-state index in [2.05, 4.69) is 20.5 Å². The number of aromatic nitrogens is 1. The molecule has 1 amide bonds. The topological polar surface area (TPSA) is 94.6 Å². The third kappa shape index (κ3) is 3.56. The minimum Gasteiger partial charge on any atom is -0.478 e. The number of nitrogens with zero attached hydrogens (tertiary/aromatic N) is 2. The van der Waals surface area contributed by atoms with Gasteiger partial charge >= 0.3 is 5.97 Å². The van der Waals surface area contributed by atoms with Gasteiger partial charge in [-0.3, -0.25) is 14.7 Å². The van der Waals surface area contributed by atoms with Crippen LogP contribution in [0.15, 0.2) is 18.5 Å². The zero-order valence-corrected chi connectivity index (χ0v) is 12.2. The number of amides is 1. The molecule has 1 aliphatic heterocycles. The predicted octanol–water partition coefficient (Wildman–Crippen LogP) is 0.402. The van der Waals surface area contributed by atoms with Crippen LogP contribution in [0.3, 0.4) is 0 Å². The first-order valence-electron chi connectivity index (χ1n) is 6.87. The minimum absolute atomic E-state index is 0.0489. The van der Waals surface area contributed by atoms with Gasteiger partial charge in [-0.2, -0.15) is 0 Å². The Labute approximate surface area is 123 Å². The second-order valence-corrected chi connectivity index (χ2v) is 5.52. The fraction of sp³-hybridized carbons (Fsp3) is 0.500. The van der Waals surface area contributed by atoms with E-state index in [4.69, 9.17) is 5.11 Å². The molecule has 7 nitrogen and oxygen atoms in total. The zero-order valence-electron chi connectivity index (χ0n) is 12.2. The Morgan fingerprint density at radius 2 is 2.00 bits per heavy atom. The molecule has 0 unspecified atom stereocenters. The van der Waals surface area contributed by atoms with Crippen molar-refractivity contribution in [2.45, 2.75) is 19.4 Å². The van der Waals surface area contributed by atoms with Crippen molar-refractivity contribution in [1.29, 1.82) is 0 Å². The Kier molecular flexibility index (Phi) is 4.54. The van der Waals surface area contributed by atoms with E-state index in [1.54, 1.807) is 0 Å². The summed E-state index contributed by atoms with van der Waals surface area (Å²) in [5.74, 6) is -1.24. The average molecular weight is 292 g/mol. The summed E-state index contributed by atoms with van der Waals surface area (Å²) in [5, 5.41) is 14.9. The second kappa shape index (κ2) is 6.19. The number of rotatable bonds is 4. The molecule has 7 heteroatoms. The van der Waals surface area contributed by atoms with Gasteiger partial charge in [-0.05, 0) is 19.9 Å². The van der Waals surface area contributed by atoms with Crippen molar-refractivity contribution >= 4 is 17.6 Å². The molecule has 3 N–H and O–H groups in total. The van der Waals surface area contributed by atoms with Crippen LogP contribution in [0, 0.1) is 0 Å². The number of nitrogens with one attached hydrogen (secondary N) is 2. The van der Waals surface area contributed by atoms with Crippen molar-refractivity contribution in [2.75, 3.05) is 31.5 Å². The molecule has 21 heavy (non-hydrogen) atoms. The molecule has 0 bridgehead atoms. The van der Waals surface area contributed by atoms with Crippen molar-refractivity contribution in [1.82, 2.24) is 15.2 Å². The van der Waals surface area contributed by atoms with Gasteiger partial charge in [-0.1, -0.05) is 0 Å². The van der Waals surface area contributed by atoms with E-state index in [0.29, 0.717) is 5.69 Å². The van der Waals surface area contributed by atoms with E-state index in [1.807, 2.05) is 13.8 Å². The van der Waals surface area contributed by atoms with Gasteiger partial charge in [-0.25, -0.2) is 4.79 Å². The number of anilines is 1. The van der Waals surface area contributed by atoms with Crippen molar-refractivity contribution in [3.8, 4) is 0 Å². The lowest BCUT2D eigenvalue weighted by Crippen LogP contribution is -2.58. The molecule has 2 rings (SSSR count). The molecule has 0 atom stereocenters. The van der Waals surface area contributed by atoms with E-state index in [-0.39, 0.29) is 11.5 Å². The molecule has 2 heterocycles. The predicted molar refractivity (Wildman–Crippen MR) is 78.3 cm³/mol. The van der Waals surface area contributed by atoms with Crippen LogP contribution in [-0.4, -0.2) is 58.6 Å². The van der Waals surface area contributed by atoms with Gasteiger partial charge in [0, 0.05) is 32.4 Å². The molecule has 1 fully saturated rings. The van der Waals surface area contributed by atoms with Crippen molar-refractivity contribution in [2.24, 2.45) is 0 Å². The molecule has 1 saturated heterocycles. The quantitative estimate of drug-likeness (QED) is 0.744. The zero-order chi connectivity index (χ0) is 15.5. The highest BCUT2D eigenvalue weighted by molar-refractivity contribution is 5.98. The summed E-state index contributed by atoms with van der Waals surface area (Å²) >= 11 is 0. The molecule has 1 aromatic heterocycles. The summed E-state index contributed by atoms with van der Waals surface area (Å²) in [6, 6.07) is 1.40. The third-order valence-corrected chi connectivity index (χ3v) is 3.71. The molecule has 0 spiro atoms. The smallest absolute Gasteiger partial charge is 0.337 e. The van der Waals surface area contributed by atoms with E-state index in [0.717, 1.165) is 26.2 Å². The van der Waals surface area contributed by atoms with Crippen LogP contribution < -0.4 is 10.6 Å². The van der Waals surface area contributed by atoms with Crippen molar-refractivity contribution < 1.29 is 14.7 Å². The summed E-state index contributed by atoms with van der Waals surface area (Å²) in [7, 11) is 0. The highest BCUT2D eigenvalue weighted by Gasteiger charge is 2.35. The van der Waals surface area contributed by atoms with Gasteiger partial charge in [0.05, 0.1) is 23.0 Å². The van der Waals surface area contributed by atoms with Gasteiger partial charge < -0.3 is 15.7 Å². The summed E-state index contributed by atoms with van der Waals surface area (Å²) in [6.45, 7) is 7.03. The fourth-order valence-electron chi connectivity index (χ4n) is 2.28. The Bertz CT molecular complexity index is 539. The molecule has 1 aliphatic rings. The standard InChI is InChI=1S/C14H20N4O3/c1-14(2,18-5-3-15-4-6-18)13(21)17-11-7-10(12(19)20)8-16-9-11/h7-9,15H,3-6H2,1-2H3,(H,17,21)(H,19,20). The fourth-order valence-corrected chi connectivity index (χ4v) is 2.28. The van der Waals surface area contributed by atoms with Crippen LogP contribution in [0.25, 0.3) is 0 Å². The monoisotopic (exact) mass is 292 g/mol. The lowest BCUT2D eigenvalue weighted by Gasteiger charge is -2.39. The number of hydrogen-bond donors (Lipinski definition) is 3. The Balaban J connectivity index is 2.09. The lowest BCUT2D eigenvalue weighted by molar-refractivity contribution is -0.126. The number of piperazine rings is 1. The van der Waals surface area contributed by atoms with Crippen LogP contribution in [0.5, 0.6) is 0 Å². The largest absolute Gasteiger partial charge is 0.478 e. The summed E-state index contributed by atoms with van der Waals surface area (Å²) in [6.07, 6.45) is 2.69. The van der Waals surface area contributed by atoms with Crippen molar-refractivity contribution in [3.05, 3.63) is 24.0 Å². The molecule has 0 aromatic carbocycles.